The van der Waals surface area contributed by atoms with Crippen LogP contribution in [0.5, 0.6) is 11.8 Å². The maximum Gasteiger partial charge on any atom is 0.297 e. The average Bonchev–Trinajstić information content (AvgIpc) is 3.51. The Morgan fingerprint density at radius 3 is 2.47 bits per heavy atom. The highest BCUT2D eigenvalue weighted by molar-refractivity contribution is 6.38. The highest BCUT2D eigenvalue weighted by Gasteiger charge is 2.21. The molecule has 0 aliphatic heterocycles. The molecule has 3 amide bonds. The lowest BCUT2D eigenvalue weighted by Gasteiger charge is -2.21. The number of pyridine rings is 1. The number of benzene rings is 3. The molecule has 12 nitrogen and oxygen atoms in total. The van der Waals surface area contributed by atoms with Gasteiger partial charge in [-0.2, -0.15) is 4.98 Å². The number of methoxy groups -OCH3 is 2. The lowest BCUT2D eigenvalue weighted by Crippen LogP contribution is -2.38. The van der Waals surface area contributed by atoms with Gasteiger partial charge in [0.15, 0.2) is 0 Å². The molecule has 14 heteroatoms. The number of ether oxygens (including phenoxy) is 3. The van der Waals surface area contributed by atoms with Crippen molar-refractivity contribution in [3.05, 3.63) is 111 Å². The SMILES string of the molecule is COCCNC(=O)c1ccc(CCC(=O)NCC(=O)N(C)c2ccc(Cl)c(COc3cccc4c3nc(OC)n4Cc3ccccn3)c2Cl)cc1. The zero-order valence-corrected chi connectivity index (χ0v) is 30.0. The van der Waals surface area contributed by atoms with E-state index in [0.29, 0.717) is 65.2 Å². The van der Waals surface area contributed by atoms with Gasteiger partial charge in [-0.3, -0.25) is 23.9 Å². The molecule has 2 aromatic heterocycles. The van der Waals surface area contributed by atoms with Crippen LogP contribution in [0.1, 0.15) is 33.6 Å². The normalized spacial score (nSPS) is 10.9. The summed E-state index contributed by atoms with van der Waals surface area (Å²) in [6.45, 7) is 1.07. The Kier molecular flexibility index (Phi) is 12.8. The molecule has 0 aliphatic rings. The Bertz CT molecular complexity index is 1990. The van der Waals surface area contributed by atoms with Gasteiger partial charge >= 0.3 is 0 Å². The third-order valence-electron chi connectivity index (χ3n) is 8.09. The van der Waals surface area contributed by atoms with Gasteiger partial charge in [-0.05, 0) is 60.5 Å². The number of amides is 3. The van der Waals surface area contributed by atoms with Crippen molar-refractivity contribution in [1.82, 2.24) is 25.2 Å². The minimum absolute atomic E-state index is 0.00171. The van der Waals surface area contributed by atoms with Gasteiger partial charge in [0, 0.05) is 49.5 Å². The van der Waals surface area contributed by atoms with Gasteiger partial charge in [-0.1, -0.05) is 47.5 Å². The first-order valence-corrected chi connectivity index (χ1v) is 16.9. The van der Waals surface area contributed by atoms with Crippen LogP contribution in [0.15, 0.2) is 79.0 Å². The monoisotopic (exact) mass is 732 g/mol. The minimum Gasteiger partial charge on any atom is -0.486 e. The number of anilines is 1. The van der Waals surface area contributed by atoms with Gasteiger partial charge in [0.25, 0.3) is 11.9 Å². The third kappa shape index (κ3) is 9.34. The molecule has 0 spiro atoms. The molecule has 266 valence electrons. The highest BCUT2D eigenvalue weighted by atomic mass is 35.5. The summed E-state index contributed by atoms with van der Waals surface area (Å²) in [7, 11) is 4.70. The number of aromatic nitrogens is 3. The summed E-state index contributed by atoms with van der Waals surface area (Å²) >= 11 is 13.4. The number of para-hydroxylation sites is 1. The van der Waals surface area contributed by atoms with Crippen molar-refractivity contribution in [3.63, 3.8) is 0 Å². The fourth-order valence-corrected chi connectivity index (χ4v) is 5.88. The van der Waals surface area contributed by atoms with E-state index in [-0.39, 0.29) is 42.3 Å². The number of carbonyl (C=O) groups excluding carboxylic acids is 3. The van der Waals surface area contributed by atoms with Crippen LogP contribution in [0.4, 0.5) is 5.69 Å². The van der Waals surface area contributed by atoms with Crippen LogP contribution in [0.2, 0.25) is 10.0 Å². The second-order valence-corrected chi connectivity index (χ2v) is 12.2. The summed E-state index contributed by atoms with van der Waals surface area (Å²) in [6.07, 6.45) is 2.34. The summed E-state index contributed by atoms with van der Waals surface area (Å²) in [5.74, 6) is -0.366. The van der Waals surface area contributed by atoms with Crippen molar-refractivity contribution in [2.45, 2.75) is 26.0 Å². The van der Waals surface area contributed by atoms with E-state index in [0.717, 1.165) is 16.8 Å². The van der Waals surface area contributed by atoms with E-state index >= 15 is 0 Å². The van der Waals surface area contributed by atoms with E-state index in [1.54, 1.807) is 69.9 Å². The smallest absolute Gasteiger partial charge is 0.297 e. The predicted molar refractivity (Wildman–Crippen MR) is 196 cm³/mol. The quantitative estimate of drug-likeness (QED) is 0.128. The molecule has 0 fully saturated rings. The second kappa shape index (κ2) is 17.7. The summed E-state index contributed by atoms with van der Waals surface area (Å²) in [5, 5.41) is 6.04. The van der Waals surface area contributed by atoms with Crippen LogP contribution in [0.3, 0.4) is 0 Å². The van der Waals surface area contributed by atoms with Crippen LogP contribution < -0.4 is 25.0 Å². The number of carbonyl (C=O) groups is 3. The predicted octanol–water partition coefficient (Wildman–Crippen LogP) is 5.46. The Labute approximate surface area is 305 Å². The number of aryl methyl sites for hydroxylation is 1. The second-order valence-electron chi connectivity index (χ2n) is 11.5. The minimum atomic E-state index is -0.376. The molecule has 5 aromatic rings. The highest BCUT2D eigenvalue weighted by Crippen LogP contribution is 2.36. The van der Waals surface area contributed by atoms with Crippen molar-refractivity contribution in [2.24, 2.45) is 0 Å². The third-order valence-corrected chi connectivity index (χ3v) is 8.87. The van der Waals surface area contributed by atoms with Gasteiger partial charge in [-0.15, -0.1) is 0 Å². The van der Waals surface area contributed by atoms with Crippen LogP contribution in [0, 0.1) is 0 Å². The first-order valence-electron chi connectivity index (χ1n) is 16.1. The molecule has 3 aromatic carbocycles. The number of nitrogens with one attached hydrogen (secondary N) is 2. The molecule has 2 heterocycles. The van der Waals surface area contributed by atoms with Gasteiger partial charge < -0.3 is 29.7 Å². The summed E-state index contributed by atoms with van der Waals surface area (Å²) in [5.41, 5.74) is 4.53. The van der Waals surface area contributed by atoms with Crippen LogP contribution in [-0.2, 0) is 33.9 Å². The molecule has 0 bridgehead atoms. The van der Waals surface area contributed by atoms with Crippen molar-refractivity contribution in [3.8, 4) is 11.8 Å². The number of halogens is 2. The Hall–Kier alpha value is -5.17. The molecule has 0 radical (unpaired) electrons. The Balaban J connectivity index is 1.18. The largest absolute Gasteiger partial charge is 0.486 e. The molecule has 0 saturated heterocycles. The first-order chi connectivity index (χ1) is 24.7. The molecular weight excluding hydrogens is 695 g/mol. The van der Waals surface area contributed by atoms with Crippen LogP contribution in [-0.4, -0.2) is 73.2 Å². The lowest BCUT2D eigenvalue weighted by molar-refractivity contribution is -0.124. The number of fused-ring (bicyclic) bond motifs is 1. The van der Waals surface area contributed by atoms with Crippen molar-refractivity contribution < 1.29 is 28.6 Å². The molecular formula is C37H38Cl2N6O6. The molecule has 2 N–H and O–H groups in total. The van der Waals surface area contributed by atoms with E-state index in [1.807, 2.05) is 34.9 Å². The standard InChI is InChI=1S/C37H38Cl2N6O6/c1-44(33(47)21-42-32(46)17-12-24-10-13-25(14-11-24)36(48)41-19-20-49-2)29-16-15-28(38)27(34(29)39)23-51-31-9-6-8-30-35(31)43-37(50-3)45(30)22-26-7-4-5-18-40-26/h4-11,13-16,18H,12,17,19-23H2,1-3H3,(H,41,48)(H,42,46). The van der Waals surface area contributed by atoms with Crippen molar-refractivity contribution in [2.75, 3.05) is 45.9 Å². The van der Waals surface area contributed by atoms with Gasteiger partial charge in [0.2, 0.25) is 11.8 Å². The van der Waals surface area contributed by atoms with E-state index in [4.69, 9.17) is 37.4 Å². The fourth-order valence-electron chi connectivity index (χ4n) is 5.27. The van der Waals surface area contributed by atoms with Gasteiger partial charge in [0.1, 0.15) is 17.9 Å². The fraction of sp³-hybridized carbons (Fsp3) is 0.270. The first kappa shape index (κ1) is 37.1. The molecule has 0 aliphatic carbocycles. The zero-order valence-electron chi connectivity index (χ0n) is 28.4. The molecule has 0 unspecified atom stereocenters. The number of nitrogens with zero attached hydrogens (tertiary/aromatic N) is 4. The van der Waals surface area contributed by atoms with E-state index in [9.17, 15) is 14.4 Å². The maximum atomic E-state index is 13.1. The van der Waals surface area contributed by atoms with Crippen molar-refractivity contribution >= 4 is 57.6 Å². The Morgan fingerprint density at radius 2 is 1.75 bits per heavy atom. The number of hydrogen-bond acceptors (Lipinski definition) is 8. The number of likely N-dealkylation sites (N-methyl/N-ethyl adjacent to an activating group) is 1. The van der Waals surface area contributed by atoms with Gasteiger partial charge in [0.05, 0.1) is 48.7 Å². The Morgan fingerprint density at radius 1 is 0.941 bits per heavy atom. The van der Waals surface area contributed by atoms with E-state index in [2.05, 4.69) is 20.6 Å². The van der Waals surface area contributed by atoms with E-state index < -0.39 is 0 Å². The topological polar surface area (TPSA) is 137 Å². The number of imidazole rings is 1. The molecule has 0 atom stereocenters. The molecule has 5 rings (SSSR count). The molecule has 0 saturated carbocycles. The van der Waals surface area contributed by atoms with Crippen LogP contribution in [0.25, 0.3) is 11.0 Å². The summed E-state index contributed by atoms with van der Waals surface area (Å²) in [4.78, 5) is 48.3. The zero-order chi connectivity index (χ0) is 36.3. The van der Waals surface area contributed by atoms with Crippen molar-refractivity contribution in [1.29, 1.82) is 0 Å². The molecule has 51 heavy (non-hydrogen) atoms. The average molecular weight is 734 g/mol. The lowest BCUT2D eigenvalue weighted by atomic mass is 10.1. The number of rotatable bonds is 16. The maximum absolute atomic E-state index is 13.1. The van der Waals surface area contributed by atoms with E-state index in [1.165, 1.54) is 4.90 Å². The summed E-state index contributed by atoms with van der Waals surface area (Å²) in [6, 6.07) is 22.0. The van der Waals surface area contributed by atoms with Crippen LogP contribution >= 0.6 is 23.2 Å². The van der Waals surface area contributed by atoms with Gasteiger partial charge in [-0.25, -0.2) is 0 Å². The number of hydrogen-bond donors (Lipinski definition) is 2. The summed E-state index contributed by atoms with van der Waals surface area (Å²) < 4.78 is 18.6.